The number of hydrogen-bond acceptors (Lipinski definition) is 5. The first-order valence-corrected chi connectivity index (χ1v) is 5.57. The van der Waals surface area contributed by atoms with Crippen LogP contribution in [0.15, 0.2) is 4.52 Å². The molecule has 0 saturated carbocycles. The molecule has 1 fully saturated rings. The number of nitrogens with zero attached hydrogens (tertiary/aromatic N) is 2. The first kappa shape index (κ1) is 11.1. The molecule has 2 rings (SSSR count). The number of amides is 1. The minimum absolute atomic E-state index is 0.108. The minimum Gasteiger partial charge on any atom is -0.349 e. The number of hydrogen-bond donors (Lipinski definition) is 2. The van der Waals surface area contributed by atoms with Crippen molar-refractivity contribution in [1.29, 1.82) is 0 Å². The second-order valence-electron chi connectivity index (χ2n) is 3.97. The van der Waals surface area contributed by atoms with Crippen LogP contribution >= 0.6 is 0 Å². The average Bonchev–Trinajstić information content (AvgIpc) is 2.89. The smallest absolute Gasteiger partial charge is 0.292 e. The topological polar surface area (TPSA) is 80.0 Å². The summed E-state index contributed by atoms with van der Waals surface area (Å²) in [5.74, 6) is 0.245. The molecule has 2 N–H and O–H groups in total. The molecule has 0 unspecified atom stereocenters. The van der Waals surface area contributed by atoms with Crippen LogP contribution in [0, 0.1) is 6.92 Å². The highest BCUT2D eigenvalue weighted by atomic mass is 16.5. The Morgan fingerprint density at radius 3 is 3.19 bits per heavy atom. The quantitative estimate of drug-likeness (QED) is 0.766. The summed E-state index contributed by atoms with van der Waals surface area (Å²) in [6.45, 7) is 3.39. The Balaban J connectivity index is 1.71. The van der Waals surface area contributed by atoms with Crippen LogP contribution < -0.4 is 10.6 Å². The standard InChI is InChI=1S/C10H16N4O2/c1-7-13-9(14-16-7)10(15)12-6-4-8-3-2-5-11-8/h8,11H,2-6H2,1H3,(H,12,15)/t8-/m1/s1. The number of nitrogens with one attached hydrogen (secondary N) is 2. The zero-order chi connectivity index (χ0) is 11.4. The second kappa shape index (κ2) is 5.07. The van der Waals surface area contributed by atoms with Crippen molar-refractivity contribution in [1.82, 2.24) is 20.8 Å². The zero-order valence-corrected chi connectivity index (χ0v) is 9.32. The third-order valence-corrected chi connectivity index (χ3v) is 2.67. The van der Waals surface area contributed by atoms with E-state index in [1.165, 1.54) is 12.8 Å². The van der Waals surface area contributed by atoms with Crippen molar-refractivity contribution in [3.05, 3.63) is 11.7 Å². The monoisotopic (exact) mass is 224 g/mol. The van der Waals surface area contributed by atoms with Gasteiger partial charge < -0.3 is 15.2 Å². The van der Waals surface area contributed by atoms with Crippen molar-refractivity contribution in [2.75, 3.05) is 13.1 Å². The second-order valence-corrected chi connectivity index (χ2v) is 3.97. The molecule has 0 spiro atoms. The lowest BCUT2D eigenvalue weighted by molar-refractivity contribution is 0.0939. The summed E-state index contributed by atoms with van der Waals surface area (Å²) >= 11 is 0. The maximum Gasteiger partial charge on any atom is 0.292 e. The first-order chi connectivity index (χ1) is 7.75. The van der Waals surface area contributed by atoms with Gasteiger partial charge in [0.05, 0.1) is 0 Å². The van der Waals surface area contributed by atoms with E-state index in [-0.39, 0.29) is 11.7 Å². The molecule has 1 aliphatic heterocycles. The van der Waals surface area contributed by atoms with Gasteiger partial charge >= 0.3 is 0 Å². The number of rotatable bonds is 4. The molecule has 1 aliphatic rings. The highest BCUT2D eigenvalue weighted by Crippen LogP contribution is 2.07. The van der Waals surface area contributed by atoms with Gasteiger partial charge in [-0.05, 0) is 25.8 Å². The van der Waals surface area contributed by atoms with E-state index in [1.807, 2.05) is 0 Å². The van der Waals surface area contributed by atoms with Gasteiger partial charge in [-0.3, -0.25) is 4.79 Å². The Hall–Kier alpha value is -1.43. The lowest BCUT2D eigenvalue weighted by atomic mass is 10.1. The van der Waals surface area contributed by atoms with Crippen LogP contribution in [0.3, 0.4) is 0 Å². The largest absolute Gasteiger partial charge is 0.349 e. The van der Waals surface area contributed by atoms with Crippen molar-refractivity contribution in [2.45, 2.75) is 32.2 Å². The predicted octanol–water partition coefficient (Wildman–Crippen LogP) is 0.250. The molecular formula is C10H16N4O2. The molecule has 6 heteroatoms. The van der Waals surface area contributed by atoms with E-state index in [2.05, 4.69) is 20.8 Å². The maximum atomic E-state index is 11.5. The van der Waals surface area contributed by atoms with Gasteiger partial charge in [-0.1, -0.05) is 5.16 Å². The predicted molar refractivity (Wildman–Crippen MR) is 57.0 cm³/mol. The fourth-order valence-corrected chi connectivity index (χ4v) is 1.83. The molecular weight excluding hydrogens is 208 g/mol. The van der Waals surface area contributed by atoms with Gasteiger partial charge in [0.1, 0.15) is 0 Å². The van der Waals surface area contributed by atoms with Crippen LogP contribution in [0.1, 0.15) is 35.8 Å². The Morgan fingerprint density at radius 2 is 2.56 bits per heavy atom. The van der Waals surface area contributed by atoms with Gasteiger partial charge in [-0.2, -0.15) is 4.98 Å². The molecule has 1 aromatic rings. The highest BCUT2D eigenvalue weighted by Gasteiger charge is 2.15. The van der Waals surface area contributed by atoms with Crippen LogP contribution in [-0.2, 0) is 0 Å². The number of aryl methyl sites for hydroxylation is 1. The van der Waals surface area contributed by atoms with Crippen molar-refractivity contribution < 1.29 is 9.32 Å². The summed E-state index contributed by atoms with van der Waals surface area (Å²) in [4.78, 5) is 15.4. The molecule has 1 amide bonds. The Morgan fingerprint density at radius 1 is 1.69 bits per heavy atom. The van der Waals surface area contributed by atoms with Gasteiger partial charge in [0.2, 0.25) is 5.89 Å². The molecule has 88 valence electrons. The molecule has 0 aromatic carbocycles. The molecule has 0 bridgehead atoms. The Labute approximate surface area is 93.8 Å². The third kappa shape index (κ3) is 2.79. The van der Waals surface area contributed by atoms with Crippen molar-refractivity contribution in [2.24, 2.45) is 0 Å². The van der Waals surface area contributed by atoms with Crippen LogP contribution in [0.2, 0.25) is 0 Å². The summed E-state index contributed by atoms with van der Waals surface area (Å²) in [7, 11) is 0. The van der Waals surface area contributed by atoms with Crippen LogP contribution in [0.5, 0.6) is 0 Å². The van der Waals surface area contributed by atoms with Gasteiger partial charge in [-0.25, -0.2) is 0 Å². The molecule has 16 heavy (non-hydrogen) atoms. The summed E-state index contributed by atoms with van der Waals surface area (Å²) in [6, 6.07) is 0.535. The lowest BCUT2D eigenvalue weighted by Gasteiger charge is -2.09. The molecule has 6 nitrogen and oxygen atoms in total. The Bertz CT molecular complexity index is 357. The third-order valence-electron chi connectivity index (χ3n) is 2.67. The molecule has 1 atom stereocenters. The summed E-state index contributed by atoms with van der Waals surface area (Å²) < 4.78 is 4.73. The highest BCUT2D eigenvalue weighted by molar-refractivity contribution is 5.90. The van der Waals surface area contributed by atoms with Gasteiger partial charge in [0.15, 0.2) is 0 Å². The molecule has 1 saturated heterocycles. The maximum absolute atomic E-state index is 11.5. The number of carbonyl (C=O) groups is 1. The van der Waals surface area contributed by atoms with E-state index in [0.29, 0.717) is 18.5 Å². The van der Waals surface area contributed by atoms with E-state index < -0.39 is 0 Å². The lowest BCUT2D eigenvalue weighted by Crippen LogP contribution is -2.31. The minimum atomic E-state index is -0.269. The van der Waals surface area contributed by atoms with E-state index in [1.54, 1.807) is 6.92 Å². The molecule has 2 heterocycles. The van der Waals surface area contributed by atoms with E-state index in [4.69, 9.17) is 4.52 Å². The summed E-state index contributed by atoms with van der Waals surface area (Å²) in [5, 5.41) is 9.70. The van der Waals surface area contributed by atoms with Gasteiger partial charge in [-0.15, -0.1) is 0 Å². The normalized spacial score (nSPS) is 19.9. The summed E-state index contributed by atoms with van der Waals surface area (Å²) in [5.41, 5.74) is 0. The van der Waals surface area contributed by atoms with E-state index >= 15 is 0 Å². The SMILES string of the molecule is Cc1nc(C(=O)NCC[C@H]2CCCN2)no1. The van der Waals surface area contributed by atoms with E-state index in [0.717, 1.165) is 13.0 Å². The first-order valence-electron chi connectivity index (χ1n) is 5.57. The Kier molecular flexibility index (Phi) is 3.51. The fourth-order valence-electron chi connectivity index (χ4n) is 1.83. The number of aromatic nitrogens is 2. The van der Waals surface area contributed by atoms with Crippen molar-refractivity contribution in [3.8, 4) is 0 Å². The van der Waals surface area contributed by atoms with Crippen LogP contribution in [-0.4, -0.2) is 35.2 Å². The zero-order valence-electron chi connectivity index (χ0n) is 9.32. The number of carbonyl (C=O) groups excluding carboxylic acids is 1. The molecule has 0 aliphatic carbocycles. The van der Waals surface area contributed by atoms with Crippen molar-refractivity contribution >= 4 is 5.91 Å². The van der Waals surface area contributed by atoms with Gasteiger partial charge in [0, 0.05) is 19.5 Å². The average molecular weight is 224 g/mol. The van der Waals surface area contributed by atoms with Crippen LogP contribution in [0.4, 0.5) is 0 Å². The fraction of sp³-hybridized carbons (Fsp3) is 0.700. The van der Waals surface area contributed by atoms with Crippen LogP contribution in [0.25, 0.3) is 0 Å². The molecule has 1 aromatic heterocycles. The van der Waals surface area contributed by atoms with E-state index in [9.17, 15) is 4.79 Å². The summed E-state index contributed by atoms with van der Waals surface area (Å²) in [6.07, 6.45) is 3.36. The molecule has 0 radical (unpaired) electrons. The van der Waals surface area contributed by atoms with Crippen molar-refractivity contribution in [3.63, 3.8) is 0 Å². The van der Waals surface area contributed by atoms with Gasteiger partial charge in [0.25, 0.3) is 11.7 Å².